The molecule has 1 aromatic heterocycles. The monoisotopic (exact) mass is 301 g/mol. The number of hydrogen-bond donors (Lipinski definition) is 0. The van der Waals surface area contributed by atoms with E-state index in [0.717, 1.165) is 11.3 Å². The molecule has 1 saturated heterocycles. The number of amides is 1. The second-order valence-corrected chi connectivity index (χ2v) is 8.48. The van der Waals surface area contributed by atoms with Gasteiger partial charge in [0.25, 0.3) is 5.91 Å². The molecule has 0 saturated carbocycles. The van der Waals surface area contributed by atoms with Crippen LogP contribution in [0.25, 0.3) is 0 Å². The van der Waals surface area contributed by atoms with Crippen molar-refractivity contribution in [3.05, 3.63) is 21.9 Å². The van der Waals surface area contributed by atoms with Crippen LogP contribution in [0.5, 0.6) is 0 Å². The van der Waals surface area contributed by atoms with Crippen LogP contribution in [0.15, 0.2) is 12.1 Å². The van der Waals surface area contributed by atoms with E-state index in [9.17, 15) is 13.2 Å². The fourth-order valence-electron chi connectivity index (χ4n) is 2.40. The summed E-state index contributed by atoms with van der Waals surface area (Å²) in [6.07, 6.45) is 1.41. The molecule has 0 spiro atoms. The van der Waals surface area contributed by atoms with E-state index in [-0.39, 0.29) is 23.5 Å². The standard InChI is InChI=1S/C13H19NO3S2/c1-3-7-14(11-6-8-19(16,17)9-11)13(15)12-5-4-10(2)18-12/h4-5,11H,3,6-9H2,1-2H3. The van der Waals surface area contributed by atoms with Crippen LogP contribution in [0.4, 0.5) is 0 Å². The minimum atomic E-state index is -2.96. The van der Waals surface area contributed by atoms with Gasteiger partial charge in [0.1, 0.15) is 0 Å². The first kappa shape index (κ1) is 14.5. The van der Waals surface area contributed by atoms with Gasteiger partial charge in [-0.05, 0) is 31.9 Å². The van der Waals surface area contributed by atoms with Crippen molar-refractivity contribution >= 4 is 27.1 Å². The molecule has 0 aromatic carbocycles. The largest absolute Gasteiger partial charge is 0.334 e. The highest BCUT2D eigenvalue weighted by atomic mass is 32.2. The van der Waals surface area contributed by atoms with E-state index in [0.29, 0.717) is 17.8 Å². The van der Waals surface area contributed by atoms with Crippen LogP contribution in [0.3, 0.4) is 0 Å². The minimum Gasteiger partial charge on any atom is -0.334 e. The van der Waals surface area contributed by atoms with Crippen LogP contribution >= 0.6 is 11.3 Å². The van der Waals surface area contributed by atoms with Crippen LogP contribution < -0.4 is 0 Å². The van der Waals surface area contributed by atoms with Crippen molar-refractivity contribution in [1.29, 1.82) is 0 Å². The van der Waals surface area contributed by atoms with Gasteiger partial charge in [-0.25, -0.2) is 8.42 Å². The first-order chi connectivity index (χ1) is 8.93. The molecule has 1 aliphatic rings. The Labute approximate surface area is 118 Å². The highest BCUT2D eigenvalue weighted by Crippen LogP contribution is 2.23. The molecule has 6 heteroatoms. The molecule has 1 atom stereocenters. The Morgan fingerprint density at radius 1 is 1.47 bits per heavy atom. The Kier molecular flexibility index (Phi) is 4.30. The fourth-order valence-corrected chi connectivity index (χ4v) is 4.96. The van der Waals surface area contributed by atoms with Crippen molar-refractivity contribution < 1.29 is 13.2 Å². The molecular formula is C13H19NO3S2. The molecule has 2 rings (SSSR count). The first-order valence-electron chi connectivity index (χ1n) is 6.51. The second kappa shape index (κ2) is 5.63. The summed E-state index contributed by atoms with van der Waals surface area (Å²) < 4.78 is 23.2. The van der Waals surface area contributed by atoms with Gasteiger partial charge in [0.15, 0.2) is 9.84 Å². The highest BCUT2D eigenvalue weighted by molar-refractivity contribution is 7.91. The Balaban J connectivity index is 2.18. The molecule has 0 radical (unpaired) electrons. The maximum absolute atomic E-state index is 12.5. The van der Waals surface area contributed by atoms with Gasteiger partial charge in [0, 0.05) is 17.5 Å². The van der Waals surface area contributed by atoms with E-state index >= 15 is 0 Å². The molecule has 1 aromatic rings. The molecule has 2 heterocycles. The number of carbonyl (C=O) groups excluding carboxylic acids is 1. The number of sulfone groups is 1. The predicted molar refractivity (Wildman–Crippen MR) is 77.4 cm³/mol. The lowest BCUT2D eigenvalue weighted by Crippen LogP contribution is -2.41. The van der Waals surface area contributed by atoms with Crippen molar-refractivity contribution in [1.82, 2.24) is 4.90 Å². The summed E-state index contributed by atoms with van der Waals surface area (Å²) in [5.74, 6) is 0.291. The van der Waals surface area contributed by atoms with Gasteiger partial charge >= 0.3 is 0 Å². The van der Waals surface area contributed by atoms with Crippen LogP contribution in [-0.4, -0.2) is 43.3 Å². The molecule has 1 unspecified atom stereocenters. The summed E-state index contributed by atoms with van der Waals surface area (Å²) in [5, 5.41) is 0. The third-order valence-electron chi connectivity index (χ3n) is 3.33. The summed E-state index contributed by atoms with van der Waals surface area (Å²) in [7, 11) is -2.96. The van der Waals surface area contributed by atoms with Crippen molar-refractivity contribution in [2.75, 3.05) is 18.1 Å². The van der Waals surface area contributed by atoms with Gasteiger partial charge in [0.2, 0.25) is 0 Å². The molecule has 19 heavy (non-hydrogen) atoms. The number of thiophene rings is 1. The zero-order valence-corrected chi connectivity index (χ0v) is 12.9. The molecule has 1 fully saturated rings. The van der Waals surface area contributed by atoms with Crippen LogP contribution in [0.2, 0.25) is 0 Å². The lowest BCUT2D eigenvalue weighted by molar-refractivity contribution is 0.0702. The lowest BCUT2D eigenvalue weighted by atomic mass is 10.2. The fraction of sp³-hybridized carbons (Fsp3) is 0.615. The van der Waals surface area contributed by atoms with Crippen LogP contribution in [0, 0.1) is 6.92 Å². The third kappa shape index (κ3) is 3.36. The van der Waals surface area contributed by atoms with Crippen LogP contribution in [0.1, 0.15) is 34.3 Å². The smallest absolute Gasteiger partial charge is 0.264 e. The zero-order valence-electron chi connectivity index (χ0n) is 11.3. The van der Waals surface area contributed by atoms with E-state index in [1.807, 2.05) is 26.0 Å². The Morgan fingerprint density at radius 2 is 2.21 bits per heavy atom. The third-order valence-corrected chi connectivity index (χ3v) is 6.06. The van der Waals surface area contributed by atoms with Gasteiger partial charge in [-0.1, -0.05) is 6.92 Å². The molecule has 0 aliphatic carbocycles. The van der Waals surface area contributed by atoms with Gasteiger partial charge in [-0.2, -0.15) is 0 Å². The Hall–Kier alpha value is -0.880. The summed E-state index contributed by atoms with van der Waals surface area (Å²) in [6, 6.07) is 3.60. The van der Waals surface area contributed by atoms with Gasteiger partial charge in [-0.3, -0.25) is 4.79 Å². The highest BCUT2D eigenvalue weighted by Gasteiger charge is 2.34. The van der Waals surface area contributed by atoms with E-state index in [1.54, 1.807) is 4.90 Å². The van der Waals surface area contributed by atoms with Crippen LogP contribution in [-0.2, 0) is 9.84 Å². The summed E-state index contributed by atoms with van der Waals surface area (Å²) in [4.78, 5) is 16.0. The molecular weight excluding hydrogens is 282 g/mol. The van der Waals surface area contributed by atoms with E-state index in [1.165, 1.54) is 11.3 Å². The number of hydrogen-bond acceptors (Lipinski definition) is 4. The quantitative estimate of drug-likeness (QED) is 0.856. The van der Waals surface area contributed by atoms with Gasteiger partial charge < -0.3 is 4.90 Å². The first-order valence-corrected chi connectivity index (χ1v) is 9.14. The normalized spacial score (nSPS) is 21.5. The topological polar surface area (TPSA) is 54.5 Å². The maximum atomic E-state index is 12.5. The van der Waals surface area contributed by atoms with E-state index in [2.05, 4.69) is 0 Å². The number of rotatable bonds is 4. The van der Waals surface area contributed by atoms with Crippen molar-refractivity contribution in [3.63, 3.8) is 0 Å². The molecule has 4 nitrogen and oxygen atoms in total. The molecule has 0 N–H and O–H groups in total. The molecule has 1 aliphatic heterocycles. The summed E-state index contributed by atoms with van der Waals surface area (Å²) >= 11 is 1.47. The van der Waals surface area contributed by atoms with Gasteiger partial charge in [-0.15, -0.1) is 11.3 Å². The van der Waals surface area contributed by atoms with Crippen molar-refractivity contribution in [3.8, 4) is 0 Å². The Morgan fingerprint density at radius 3 is 2.68 bits per heavy atom. The molecule has 1 amide bonds. The summed E-state index contributed by atoms with van der Waals surface area (Å²) in [6.45, 7) is 4.59. The average molecular weight is 301 g/mol. The van der Waals surface area contributed by atoms with E-state index in [4.69, 9.17) is 0 Å². The van der Waals surface area contributed by atoms with Crippen molar-refractivity contribution in [2.45, 2.75) is 32.7 Å². The van der Waals surface area contributed by atoms with Crippen molar-refractivity contribution in [2.24, 2.45) is 0 Å². The maximum Gasteiger partial charge on any atom is 0.264 e. The molecule has 0 bridgehead atoms. The van der Waals surface area contributed by atoms with E-state index < -0.39 is 9.84 Å². The zero-order chi connectivity index (χ0) is 14.0. The van der Waals surface area contributed by atoms with Gasteiger partial charge in [0.05, 0.1) is 16.4 Å². The Bertz CT molecular complexity index is 562. The predicted octanol–water partition coefficient (Wildman–Crippen LogP) is 2.10. The lowest BCUT2D eigenvalue weighted by Gasteiger charge is -2.27. The SMILES string of the molecule is CCCN(C(=O)c1ccc(C)s1)C1CCS(=O)(=O)C1. The minimum absolute atomic E-state index is 0.0259. The number of nitrogens with zero attached hydrogens (tertiary/aromatic N) is 1. The number of carbonyl (C=O) groups is 1. The average Bonchev–Trinajstić information content (AvgIpc) is 2.91. The molecule has 106 valence electrons. The summed E-state index contributed by atoms with van der Waals surface area (Å²) in [5.41, 5.74) is 0. The second-order valence-electron chi connectivity index (χ2n) is 4.97. The number of aryl methyl sites for hydroxylation is 1.